The second-order valence-electron chi connectivity index (χ2n) is 10.9. The van der Waals surface area contributed by atoms with Gasteiger partial charge < -0.3 is 15.7 Å². The second-order valence-corrected chi connectivity index (χ2v) is 12.0. The van der Waals surface area contributed by atoms with E-state index in [0.717, 1.165) is 68.0 Å². The number of aromatic nitrogens is 1. The maximum Gasteiger partial charge on any atom is 0.309 e. The number of carbonyl (C=O) groups is 2. The molecule has 180 valence electrons. The Hall–Kier alpha value is -1.76. The maximum atomic E-state index is 13.1. The Bertz CT molecular complexity index is 885. The van der Waals surface area contributed by atoms with Gasteiger partial charge in [0.1, 0.15) is 10.8 Å². The van der Waals surface area contributed by atoms with Crippen LogP contribution in [0.2, 0.25) is 0 Å². The molecule has 0 spiro atoms. The van der Waals surface area contributed by atoms with Gasteiger partial charge >= 0.3 is 5.97 Å². The Morgan fingerprint density at radius 1 is 1.12 bits per heavy atom. The molecule has 5 aliphatic carbocycles. The zero-order valence-corrected chi connectivity index (χ0v) is 20.5. The molecule has 1 amide bonds. The average molecular weight is 472 g/mol. The van der Waals surface area contributed by atoms with E-state index < -0.39 is 11.4 Å². The minimum Gasteiger partial charge on any atom is -0.481 e. The maximum absolute atomic E-state index is 13.1. The molecule has 5 fully saturated rings. The molecule has 2 unspecified atom stereocenters. The lowest BCUT2D eigenvalue weighted by atomic mass is 9.48. The summed E-state index contributed by atoms with van der Waals surface area (Å²) in [5, 5.41) is 17.6. The van der Waals surface area contributed by atoms with Gasteiger partial charge in [0.2, 0.25) is 0 Å². The summed E-state index contributed by atoms with van der Waals surface area (Å²) in [4.78, 5) is 30.0. The van der Waals surface area contributed by atoms with Crippen LogP contribution in [0.5, 0.6) is 0 Å². The molecule has 4 bridgehead atoms. The van der Waals surface area contributed by atoms with E-state index in [2.05, 4.69) is 17.6 Å². The van der Waals surface area contributed by atoms with Crippen molar-refractivity contribution in [2.45, 2.75) is 94.7 Å². The van der Waals surface area contributed by atoms with Crippen molar-refractivity contribution in [3.8, 4) is 0 Å². The van der Waals surface area contributed by atoms with Crippen LogP contribution >= 0.6 is 11.8 Å². The van der Waals surface area contributed by atoms with Crippen molar-refractivity contribution in [1.82, 2.24) is 10.3 Å². The number of hydrogen-bond acceptors (Lipinski definition) is 5. The number of amides is 1. The van der Waals surface area contributed by atoms with Crippen LogP contribution in [0.4, 0.5) is 5.82 Å². The summed E-state index contributed by atoms with van der Waals surface area (Å²) in [6, 6.07) is 4.44. The van der Waals surface area contributed by atoms with Crippen LogP contribution in [0.3, 0.4) is 0 Å². The van der Waals surface area contributed by atoms with Crippen molar-refractivity contribution < 1.29 is 14.7 Å². The van der Waals surface area contributed by atoms with E-state index in [-0.39, 0.29) is 18.0 Å². The number of nitrogens with one attached hydrogen (secondary N) is 2. The lowest BCUT2D eigenvalue weighted by Crippen LogP contribution is -2.58. The molecular weight excluding hydrogens is 434 g/mol. The topological polar surface area (TPSA) is 91.3 Å². The Balaban J connectivity index is 1.32. The summed E-state index contributed by atoms with van der Waals surface area (Å²) in [6.07, 6.45) is 11.5. The number of hydrogen-bond donors (Lipinski definition) is 3. The molecule has 3 N–H and O–H groups in total. The van der Waals surface area contributed by atoms with E-state index in [1.165, 1.54) is 19.3 Å². The third-order valence-corrected chi connectivity index (χ3v) is 9.73. The predicted octanol–water partition coefficient (Wildman–Crippen LogP) is 5.34. The normalized spacial score (nSPS) is 33.1. The van der Waals surface area contributed by atoms with Crippen molar-refractivity contribution in [3.63, 3.8) is 0 Å². The molecular formula is C26H37N3O3S. The van der Waals surface area contributed by atoms with Crippen LogP contribution in [0.15, 0.2) is 17.2 Å². The number of pyridine rings is 1. The van der Waals surface area contributed by atoms with E-state index in [9.17, 15) is 14.7 Å². The van der Waals surface area contributed by atoms with Crippen LogP contribution in [-0.2, 0) is 4.79 Å². The number of carboxylic acid groups (broad SMARTS) is 1. The van der Waals surface area contributed by atoms with Crippen LogP contribution in [-0.4, -0.2) is 39.8 Å². The fourth-order valence-electron chi connectivity index (χ4n) is 7.21. The first-order valence-corrected chi connectivity index (χ1v) is 13.9. The fraction of sp³-hybridized carbons (Fsp3) is 0.731. The van der Waals surface area contributed by atoms with Gasteiger partial charge in [-0.3, -0.25) is 9.59 Å². The molecule has 0 aromatic carbocycles. The van der Waals surface area contributed by atoms with Crippen LogP contribution < -0.4 is 10.6 Å². The van der Waals surface area contributed by atoms with Crippen LogP contribution in [0, 0.1) is 23.2 Å². The largest absolute Gasteiger partial charge is 0.481 e. The highest BCUT2D eigenvalue weighted by atomic mass is 32.2. The molecule has 7 heteroatoms. The van der Waals surface area contributed by atoms with Gasteiger partial charge in [-0.1, -0.05) is 26.2 Å². The molecule has 1 aromatic rings. The highest BCUT2D eigenvalue weighted by molar-refractivity contribution is 7.99. The van der Waals surface area contributed by atoms with Gasteiger partial charge in [0, 0.05) is 12.1 Å². The first kappa shape index (κ1) is 23.0. The summed E-state index contributed by atoms with van der Waals surface area (Å²) in [5.41, 5.74) is 0.185. The number of thioether (sulfide) groups is 1. The van der Waals surface area contributed by atoms with Gasteiger partial charge in [0.05, 0.1) is 11.0 Å². The third-order valence-electron chi connectivity index (χ3n) is 8.53. The molecule has 2 atom stereocenters. The van der Waals surface area contributed by atoms with Crippen molar-refractivity contribution in [1.29, 1.82) is 0 Å². The molecule has 0 aliphatic heterocycles. The van der Waals surface area contributed by atoms with E-state index >= 15 is 0 Å². The Morgan fingerprint density at radius 3 is 2.52 bits per heavy atom. The fourth-order valence-corrected chi connectivity index (χ4v) is 8.08. The highest BCUT2D eigenvalue weighted by Crippen LogP contribution is 2.60. The van der Waals surface area contributed by atoms with Crippen LogP contribution in [0.1, 0.15) is 87.9 Å². The zero-order valence-electron chi connectivity index (χ0n) is 19.6. The molecule has 6 rings (SSSR count). The smallest absolute Gasteiger partial charge is 0.309 e. The van der Waals surface area contributed by atoms with E-state index in [4.69, 9.17) is 4.98 Å². The van der Waals surface area contributed by atoms with E-state index in [0.29, 0.717) is 23.3 Å². The monoisotopic (exact) mass is 471 g/mol. The van der Waals surface area contributed by atoms with Gasteiger partial charge in [-0.05, 0) is 87.0 Å². The first-order chi connectivity index (χ1) is 16.0. The standard InChI is InChI=1S/C26H37N3O3S/c1-2-10-33-24-20(23(30)27-19-6-4-3-5-7-19)8-9-21(29-24)28-22-17-11-16-12-18(22)15-26(13-16,14-17)25(31)32/h8-9,16-19,22H,2-7,10-15H2,1H3,(H,27,30)(H,28,29)(H,31,32)/t16?,17?,18?,22-,26-. The van der Waals surface area contributed by atoms with Crippen molar-refractivity contribution in [2.75, 3.05) is 11.1 Å². The average Bonchev–Trinajstić information content (AvgIpc) is 2.80. The van der Waals surface area contributed by atoms with Gasteiger partial charge in [0.25, 0.3) is 5.91 Å². The minimum absolute atomic E-state index is 0.00224. The SMILES string of the molecule is CCCSc1nc(N[C@H]2C3CC4CC2C[C@](C(=O)O)(C4)C3)ccc1C(=O)NC1CCCCC1. The zero-order chi connectivity index (χ0) is 23.0. The van der Waals surface area contributed by atoms with Gasteiger partial charge in [0.15, 0.2) is 0 Å². The van der Waals surface area contributed by atoms with Crippen molar-refractivity contribution in [2.24, 2.45) is 23.2 Å². The molecule has 33 heavy (non-hydrogen) atoms. The number of aliphatic carboxylic acids is 1. The Labute approximate surface area is 201 Å². The molecule has 0 radical (unpaired) electrons. The highest BCUT2D eigenvalue weighted by Gasteiger charge is 2.58. The second kappa shape index (κ2) is 9.47. The predicted molar refractivity (Wildman–Crippen MR) is 131 cm³/mol. The van der Waals surface area contributed by atoms with Crippen molar-refractivity contribution in [3.05, 3.63) is 17.7 Å². The molecule has 0 saturated heterocycles. The number of anilines is 1. The molecule has 1 heterocycles. The quantitative estimate of drug-likeness (QED) is 0.444. The van der Waals surface area contributed by atoms with Crippen LogP contribution in [0.25, 0.3) is 0 Å². The number of carboxylic acids is 1. The summed E-state index contributed by atoms with van der Waals surface area (Å²) in [6.45, 7) is 2.14. The summed E-state index contributed by atoms with van der Waals surface area (Å²) < 4.78 is 0. The first-order valence-electron chi connectivity index (χ1n) is 12.9. The van der Waals surface area contributed by atoms with E-state index in [1.807, 2.05) is 12.1 Å². The molecule has 1 aromatic heterocycles. The number of rotatable bonds is 8. The molecule has 5 aliphatic rings. The number of carbonyl (C=O) groups excluding carboxylic acids is 1. The minimum atomic E-state index is -0.593. The number of nitrogens with zero attached hydrogens (tertiary/aromatic N) is 1. The van der Waals surface area contributed by atoms with Gasteiger partial charge in [-0.15, -0.1) is 11.8 Å². The van der Waals surface area contributed by atoms with Crippen molar-refractivity contribution >= 4 is 29.5 Å². The molecule has 6 nitrogen and oxygen atoms in total. The van der Waals surface area contributed by atoms with Gasteiger partial charge in [-0.25, -0.2) is 4.98 Å². The molecule has 5 saturated carbocycles. The summed E-state index contributed by atoms with van der Waals surface area (Å²) in [7, 11) is 0. The van der Waals surface area contributed by atoms with Gasteiger partial charge in [-0.2, -0.15) is 0 Å². The van der Waals surface area contributed by atoms with E-state index in [1.54, 1.807) is 11.8 Å². The third kappa shape index (κ3) is 4.62. The lowest BCUT2D eigenvalue weighted by Gasteiger charge is -2.58. The summed E-state index contributed by atoms with van der Waals surface area (Å²) in [5.74, 6) is 2.52. The summed E-state index contributed by atoms with van der Waals surface area (Å²) >= 11 is 1.66. The Morgan fingerprint density at radius 2 is 1.85 bits per heavy atom. The Kier molecular flexibility index (Phi) is 6.60. The lowest BCUT2D eigenvalue weighted by molar-refractivity contribution is -0.165.